The molecular weight excluding hydrogens is 352 g/mol. The number of hydrogen-bond donors (Lipinski definition) is 1. The topological polar surface area (TPSA) is 60.9 Å². The molecule has 2 aliphatic heterocycles. The number of carboxylic acids is 1. The summed E-state index contributed by atoms with van der Waals surface area (Å²) < 4.78 is 0. The van der Waals surface area contributed by atoms with E-state index in [1.54, 1.807) is 4.90 Å². The molecule has 1 fully saturated rings. The third-order valence-corrected chi connectivity index (χ3v) is 5.99. The average molecular weight is 378 g/mol. The van der Waals surface area contributed by atoms with Crippen molar-refractivity contribution in [2.45, 2.75) is 31.8 Å². The van der Waals surface area contributed by atoms with Crippen molar-refractivity contribution in [1.29, 1.82) is 0 Å². The molecule has 0 radical (unpaired) electrons. The first kappa shape index (κ1) is 18.7. The number of piperidine rings is 1. The zero-order valence-corrected chi connectivity index (χ0v) is 16.0. The Bertz CT molecular complexity index is 844. The van der Waals surface area contributed by atoms with Crippen LogP contribution in [0.3, 0.4) is 0 Å². The summed E-state index contributed by atoms with van der Waals surface area (Å²) in [6.45, 7) is 3.12. The number of hydrogen-bond acceptors (Lipinski definition) is 3. The first-order valence-corrected chi connectivity index (χ1v) is 10.0. The Morgan fingerprint density at radius 1 is 0.929 bits per heavy atom. The fourth-order valence-electron chi connectivity index (χ4n) is 4.48. The molecule has 1 amide bonds. The average Bonchev–Trinajstić information content (AvgIpc) is 2.73. The van der Waals surface area contributed by atoms with Crippen LogP contribution < -0.4 is 0 Å². The number of aliphatic carboxylic acids is 1. The molecule has 146 valence electrons. The van der Waals surface area contributed by atoms with Crippen LogP contribution in [0.2, 0.25) is 0 Å². The molecule has 5 nitrogen and oxygen atoms in total. The Morgan fingerprint density at radius 3 is 2.32 bits per heavy atom. The number of nitrogens with zero attached hydrogens (tertiary/aromatic N) is 2. The van der Waals surface area contributed by atoms with Crippen LogP contribution in [-0.4, -0.2) is 46.4 Å². The molecular formula is C23H26N2O3. The third-order valence-electron chi connectivity index (χ3n) is 5.99. The van der Waals surface area contributed by atoms with Crippen molar-refractivity contribution < 1.29 is 14.7 Å². The number of fused-ring (bicyclic) bond motifs is 1. The lowest BCUT2D eigenvalue weighted by Gasteiger charge is -2.39. The van der Waals surface area contributed by atoms with Crippen LogP contribution in [0.1, 0.15) is 35.6 Å². The summed E-state index contributed by atoms with van der Waals surface area (Å²) in [6.07, 6.45) is 2.30. The number of amides is 1. The summed E-state index contributed by atoms with van der Waals surface area (Å²) in [5.41, 5.74) is 3.08. The summed E-state index contributed by atoms with van der Waals surface area (Å²) in [4.78, 5) is 29.1. The Labute approximate surface area is 165 Å². The predicted octanol–water partition coefficient (Wildman–Crippen LogP) is 3.11. The minimum absolute atomic E-state index is 0.00117. The number of carbonyl (C=O) groups excluding carboxylic acids is 1. The first-order valence-electron chi connectivity index (χ1n) is 10.0. The number of rotatable bonds is 4. The van der Waals surface area contributed by atoms with Gasteiger partial charge in [-0.3, -0.25) is 9.69 Å². The van der Waals surface area contributed by atoms with E-state index in [0.717, 1.165) is 50.0 Å². The van der Waals surface area contributed by atoms with E-state index in [2.05, 4.69) is 17.0 Å². The molecule has 0 saturated carbocycles. The molecule has 28 heavy (non-hydrogen) atoms. The molecule has 2 aromatic rings. The highest BCUT2D eigenvalue weighted by Gasteiger charge is 2.39. The van der Waals surface area contributed by atoms with Crippen molar-refractivity contribution >= 4 is 11.9 Å². The highest BCUT2D eigenvalue weighted by Crippen LogP contribution is 2.33. The van der Waals surface area contributed by atoms with Gasteiger partial charge in [0.1, 0.15) is 0 Å². The first-order chi connectivity index (χ1) is 13.6. The van der Waals surface area contributed by atoms with Gasteiger partial charge in [-0.1, -0.05) is 54.6 Å². The van der Waals surface area contributed by atoms with Crippen LogP contribution in [0.4, 0.5) is 0 Å². The van der Waals surface area contributed by atoms with Gasteiger partial charge >= 0.3 is 5.97 Å². The van der Waals surface area contributed by atoms with Gasteiger partial charge in [0, 0.05) is 19.0 Å². The molecule has 0 aromatic heterocycles. The molecule has 1 N–H and O–H groups in total. The van der Waals surface area contributed by atoms with Crippen molar-refractivity contribution in [2.24, 2.45) is 5.92 Å². The van der Waals surface area contributed by atoms with Gasteiger partial charge in [0.2, 0.25) is 5.91 Å². The van der Waals surface area contributed by atoms with Crippen molar-refractivity contribution in [3.8, 4) is 0 Å². The van der Waals surface area contributed by atoms with Gasteiger partial charge in [0.05, 0.1) is 0 Å². The molecule has 4 rings (SSSR count). The Hall–Kier alpha value is -2.66. The molecule has 1 saturated heterocycles. The number of benzene rings is 2. The molecule has 2 aromatic carbocycles. The van der Waals surface area contributed by atoms with Crippen molar-refractivity contribution in [3.05, 3.63) is 71.3 Å². The lowest BCUT2D eigenvalue weighted by molar-refractivity contribution is -0.153. The van der Waals surface area contributed by atoms with Crippen LogP contribution >= 0.6 is 0 Å². The smallest absolute Gasteiger partial charge is 0.331 e. The van der Waals surface area contributed by atoms with Gasteiger partial charge in [-0.05, 0) is 49.0 Å². The lowest BCUT2D eigenvalue weighted by Crippen LogP contribution is -2.48. The molecule has 0 spiro atoms. The SMILES string of the molecule is O=C(O)C1c2ccccc2CCN1C(=O)C1CCN(Cc2ccccc2)CC1. The summed E-state index contributed by atoms with van der Waals surface area (Å²) in [7, 11) is 0. The highest BCUT2D eigenvalue weighted by atomic mass is 16.4. The van der Waals surface area contributed by atoms with Gasteiger partial charge < -0.3 is 10.0 Å². The van der Waals surface area contributed by atoms with Crippen molar-refractivity contribution in [3.63, 3.8) is 0 Å². The number of likely N-dealkylation sites (tertiary alicyclic amines) is 1. The fraction of sp³-hybridized carbons (Fsp3) is 0.391. The Morgan fingerprint density at radius 2 is 1.61 bits per heavy atom. The molecule has 2 aliphatic rings. The van der Waals surface area contributed by atoms with E-state index in [1.165, 1.54) is 5.56 Å². The molecule has 5 heteroatoms. The van der Waals surface area contributed by atoms with Gasteiger partial charge in [-0.15, -0.1) is 0 Å². The lowest BCUT2D eigenvalue weighted by atomic mass is 9.89. The standard InChI is InChI=1S/C23H26N2O3/c26-22(19-10-13-24(14-11-19)16-17-6-2-1-3-7-17)25-15-12-18-8-4-5-9-20(18)21(25)23(27)28/h1-9,19,21H,10-16H2,(H,27,28). The highest BCUT2D eigenvalue weighted by molar-refractivity contribution is 5.87. The second-order valence-corrected chi connectivity index (χ2v) is 7.76. The second kappa shape index (κ2) is 8.15. The van der Waals surface area contributed by atoms with E-state index in [1.807, 2.05) is 42.5 Å². The minimum Gasteiger partial charge on any atom is -0.479 e. The Kier molecular flexibility index (Phi) is 5.44. The van der Waals surface area contributed by atoms with Crippen LogP contribution in [0.15, 0.2) is 54.6 Å². The maximum absolute atomic E-state index is 13.2. The number of carbonyl (C=O) groups is 2. The maximum atomic E-state index is 13.2. The maximum Gasteiger partial charge on any atom is 0.331 e. The van der Waals surface area contributed by atoms with E-state index < -0.39 is 12.0 Å². The van der Waals surface area contributed by atoms with E-state index in [0.29, 0.717) is 6.54 Å². The van der Waals surface area contributed by atoms with Crippen LogP contribution in [-0.2, 0) is 22.6 Å². The van der Waals surface area contributed by atoms with Crippen molar-refractivity contribution in [2.75, 3.05) is 19.6 Å². The van der Waals surface area contributed by atoms with E-state index in [9.17, 15) is 14.7 Å². The normalized spacial score (nSPS) is 20.6. The quantitative estimate of drug-likeness (QED) is 0.888. The van der Waals surface area contributed by atoms with Crippen LogP contribution in [0, 0.1) is 5.92 Å². The van der Waals surface area contributed by atoms with Crippen LogP contribution in [0.5, 0.6) is 0 Å². The fourth-order valence-corrected chi connectivity index (χ4v) is 4.48. The summed E-state index contributed by atoms with van der Waals surface area (Å²) >= 11 is 0. The monoisotopic (exact) mass is 378 g/mol. The van der Waals surface area contributed by atoms with Gasteiger partial charge in [0.15, 0.2) is 6.04 Å². The zero-order valence-electron chi connectivity index (χ0n) is 16.0. The molecule has 0 aliphatic carbocycles. The van der Waals surface area contributed by atoms with Crippen molar-refractivity contribution in [1.82, 2.24) is 9.80 Å². The van der Waals surface area contributed by atoms with E-state index >= 15 is 0 Å². The number of carboxylic acid groups (broad SMARTS) is 1. The van der Waals surface area contributed by atoms with Gasteiger partial charge in [-0.25, -0.2) is 4.79 Å². The molecule has 2 heterocycles. The largest absolute Gasteiger partial charge is 0.479 e. The summed E-state index contributed by atoms with van der Waals surface area (Å²) in [5, 5.41) is 9.81. The summed E-state index contributed by atoms with van der Waals surface area (Å²) in [6, 6.07) is 17.1. The van der Waals surface area contributed by atoms with Crippen LogP contribution in [0.25, 0.3) is 0 Å². The third kappa shape index (κ3) is 3.80. The predicted molar refractivity (Wildman–Crippen MR) is 107 cm³/mol. The van der Waals surface area contributed by atoms with E-state index in [-0.39, 0.29) is 11.8 Å². The molecule has 0 bridgehead atoms. The summed E-state index contributed by atoms with van der Waals surface area (Å²) in [5.74, 6) is -1.03. The Balaban J connectivity index is 1.41. The molecule has 1 unspecified atom stereocenters. The van der Waals surface area contributed by atoms with Gasteiger partial charge in [0.25, 0.3) is 0 Å². The van der Waals surface area contributed by atoms with Gasteiger partial charge in [-0.2, -0.15) is 0 Å². The minimum atomic E-state index is -0.943. The zero-order chi connectivity index (χ0) is 19.5. The van der Waals surface area contributed by atoms with E-state index in [4.69, 9.17) is 0 Å². The second-order valence-electron chi connectivity index (χ2n) is 7.76. The molecule has 1 atom stereocenters.